The lowest BCUT2D eigenvalue weighted by molar-refractivity contribution is -0.119. The third kappa shape index (κ3) is 4.38. The van der Waals surface area contributed by atoms with E-state index >= 15 is 0 Å². The molecule has 0 spiro atoms. The molecule has 2 atom stereocenters. The Bertz CT molecular complexity index is 1130. The first-order valence-corrected chi connectivity index (χ1v) is 12.3. The van der Waals surface area contributed by atoms with Crippen molar-refractivity contribution in [1.82, 2.24) is 15.3 Å². The number of nitrogens with zero attached hydrogens (tertiary/aromatic N) is 4. The number of piperazine rings is 1. The molecule has 2 aromatic rings. The Labute approximate surface area is 197 Å². The quantitative estimate of drug-likeness (QED) is 0.706. The Hall–Kier alpha value is -3.17. The molecular formula is C24H26N6O2S. The second-order valence-electron chi connectivity index (χ2n) is 8.24. The van der Waals surface area contributed by atoms with Crippen LogP contribution in [-0.4, -0.2) is 60.8 Å². The van der Waals surface area contributed by atoms with Gasteiger partial charge in [-0.3, -0.25) is 19.5 Å². The second kappa shape index (κ2) is 9.36. The van der Waals surface area contributed by atoms with Crippen LogP contribution in [0.2, 0.25) is 0 Å². The number of amides is 2. The monoisotopic (exact) mass is 462 g/mol. The number of carbonyl (C=O) groups excluding carboxylic acids is 2. The summed E-state index contributed by atoms with van der Waals surface area (Å²) >= 11 is 1.64. The van der Waals surface area contributed by atoms with E-state index in [1.807, 2.05) is 18.4 Å². The molecule has 2 aromatic heterocycles. The number of aromatic nitrogens is 2. The van der Waals surface area contributed by atoms with Gasteiger partial charge in [0.1, 0.15) is 11.5 Å². The maximum atomic E-state index is 13.1. The van der Waals surface area contributed by atoms with Gasteiger partial charge < -0.3 is 15.5 Å². The minimum absolute atomic E-state index is 0.0224. The third-order valence-corrected chi connectivity index (χ3v) is 6.98. The van der Waals surface area contributed by atoms with Gasteiger partial charge in [0.2, 0.25) is 5.91 Å². The highest BCUT2D eigenvalue weighted by molar-refractivity contribution is 8.02. The zero-order valence-electron chi connectivity index (χ0n) is 18.4. The molecule has 8 nitrogen and oxygen atoms in total. The SMILES string of the molecule is CSC1=CC2C(=O)N(c3cccc(C(=O)Nc4cnccc4N4CCNCC4)n3)CC2C=C1. The number of nitrogens with one attached hydrogen (secondary N) is 2. The van der Waals surface area contributed by atoms with E-state index in [-0.39, 0.29) is 29.3 Å². The molecule has 2 N–H and O–H groups in total. The highest BCUT2D eigenvalue weighted by Crippen LogP contribution is 2.36. The van der Waals surface area contributed by atoms with E-state index in [0.29, 0.717) is 18.1 Å². The lowest BCUT2D eigenvalue weighted by Gasteiger charge is -2.30. The summed E-state index contributed by atoms with van der Waals surface area (Å²) in [5.74, 6) is 0.158. The van der Waals surface area contributed by atoms with Gasteiger partial charge in [0.25, 0.3) is 5.91 Å². The Morgan fingerprint density at radius 2 is 2.09 bits per heavy atom. The van der Waals surface area contributed by atoms with Crippen LogP contribution < -0.4 is 20.4 Å². The van der Waals surface area contributed by atoms with E-state index in [1.165, 1.54) is 0 Å². The van der Waals surface area contributed by atoms with Crippen LogP contribution in [0.3, 0.4) is 0 Å². The molecule has 9 heteroatoms. The topological polar surface area (TPSA) is 90.5 Å². The molecule has 33 heavy (non-hydrogen) atoms. The molecule has 2 unspecified atom stereocenters. The molecule has 5 rings (SSSR count). The predicted molar refractivity (Wildman–Crippen MR) is 132 cm³/mol. The molecule has 2 saturated heterocycles. The first kappa shape index (κ1) is 21.7. The van der Waals surface area contributed by atoms with Crippen LogP contribution in [-0.2, 0) is 4.79 Å². The van der Waals surface area contributed by atoms with Crippen LogP contribution in [0.1, 0.15) is 10.5 Å². The van der Waals surface area contributed by atoms with E-state index in [1.54, 1.807) is 47.3 Å². The summed E-state index contributed by atoms with van der Waals surface area (Å²) in [5, 5.41) is 6.30. The Morgan fingerprint density at radius 3 is 2.91 bits per heavy atom. The number of hydrogen-bond donors (Lipinski definition) is 2. The van der Waals surface area contributed by atoms with Gasteiger partial charge in [-0.2, -0.15) is 0 Å². The summed E-state index contributed by atoms with van der Waals surface area (Å²) in [6.07, 6.45) is 11.6. The minimum Gasteiger partial charge on any atom is -0.367 e. The zero-order chi connectivity index (χ0) is 22.8. The van der Waals surface area contributed by atoms with Gasteiger partial charge in [-0.15, -0.1) is 11.8 Å². The van der Waals surface area contributed by atoms with Crippen molar-refractivity contribution in [1.29, 1.82) is 0 Å². The van der Waals surface area contributed by atoms with Crippen molar-refractivity contribution >= 4 is 40.8 Å². The van der Waals surface area contributed by atoms with Crippen LogP contribution in [0.25, 0.3) is 0 Å². The fraction of sp³-hybridized carbons (Fsp3) is 0.333. The van der Waals surface area contributed by atoms with Crippen LogP contribution in [0, 0.1) is 11.8 Å². The number of pyridine rings is 2. The van der Waals surface area contributed by atoms with Crippen LogP contribution >= 0.6 is 11.8 Å². The zero-order valence-corrected chi connectivity index (χ0v) is 19.2. The van der Waals surface area contributed by atoms with E-state index in [0.717, 1.165) is 36.8 Å². The van der Waals surface area contributed by atoms with Gasteiger partial charge >= 0.3 is 0 Å². The molecule has 4 heterocycles. The number of allylic oxidation sites excluding steroid dienone is 1. The van der Waals surface area contributed by atoms with Gasteiger partial charge in [-0.1, -0.05) is 24.3 Å². The number of rotatable bonds is 5. The van der Waals surface area contributed by atoms with Gasteiger partial charge in [0.15, 0.2) is 0 Å². The third-order valence-electron chi connectivity index (χ3n) is 6.24. The summed E-state index contributed by atoms with van der Waals surface area (Å²) in [7, 11) is 0. The number of thioether (sulfide) groups is 1. The van der Waals surface area contributed by atoms with Crippen LogP contribution in [0.5, 0.6) is 0 Å². The highest BCUT2D eigenvalue weighted by atomic mass is 32.2. The fourth-order valence-electron chi connectivity index (χ4n) is 4.50. The van der Waals surface area contributed by atoms with E-state index in [2.05, 4.69) is 37.7 Å². The molecule has 0 bridgehead atoms. The molecule has 0 radical (unpaired) electrons. The minimum atomic E-state index is -0.324. The normalized spacial score (nSPS) is 22.2. The molecule has 3 aliphatic rings. The first-order valence-electron chi connectivity index (χ1n) is 11.1. The molecule has 2 aliphatic heterocycles. The summed E-state index contributed by atoms with van der Waals surface area (Å²) in [6, 6.07) is 7.13. The maximum absolute atomic E-state index is 13.1. The average molecular weight is 463 g/mol. The Morgan fingerprint density at radius 1 is 1.24 bits per heavy atom. The van der Waals surface area contributed by atoms with Gasteiger partial charge in [-0.25, -0.2) is 4.98 Å². The number of carbonyl (C=O) groups is 2. The summed E-state index contributed by atoms with van der Waals surface area (Å²) in [5.41, 5.74) is 1.86. The molecule has 0 aromatic carbocycles. The predicted octanol–water partition coefficient (Wildman–Crippen LogP) is 2.53. The van der Waals surface area contributed by atoms with Crippen molar-refractivity contribution in [3.8, 4) is 0 Å². The summed E-state index contributed by atoms with van der Waals surface area (Å²) < 4.78 is 0. The Kier molecular flexibility index (Phi) is 6.15. The summed E-state index contributed by atoms with van der Waals surface area (Å²) in [4.78, 5) is 39.9. The smallest absolute Gasteiger partial charge is 0.274 e. The molecule has 2 fully saturated rings. The Balaban J connectivity index is 1.34. The first-order chi connectivity index (χ1) is 16.1. The molecule has 1 aliphatic carbocycles. The largest absolute Gasteiger partial charge is 0.367 e. The lowest BCUT2D eigenvalue weighted by atomic mass is 9.91. The van der Waals surface area contributed by atoms with Crippen LogP contribution in [0.15, 0.2) is 59.8 Å². The average Bonchev–Trinajstić information content (AvgIpc) is 3.20. The van der Waals surface area contributed by atoms with Crippen molar-refractivity contribution < 1.29 is 9.59 Å². The van der Waals surface area contributed by atoms with Crippen molar-refractivity contribution in [3.63, 3.8) is 0 Å². The van der Waals surface area contributed by atoms with Crippen LogP contribution in [0.4, 0.5) is 17.2 Å². The van der Waals surface area contributed by atoms with Crippen molar-refractivity contribution in [2.45, 2.75) is 0 Å². The molecular weight excluding hydrogens is 436 g/mol. The number of fused-ring (bicyclic) bond motifs is 1. The standard InChI is InChI=1S/C24H26N6O2S/c1-33-17-6-5-16-15-30(24(32)18(16)13-17)22-4-2-3-19(27-22)23(31)28-20-14-26-8-7-21(20)29-11-9-25-10-12-29/h2-8,13-14,16,18,25H,9-12,15H2,1H3,(H,28,31). The van der Waals surface area contributed by atoms with E-state index in [9.17, 15) is 9.59 Å². The van der Waals surface area contributed by atoms with Crippen molar-refractivity contribution in [3.05, 3.63) is 65.5 Å². The van der Waals surface area contributed by atoms with Gasteiger partial charge in [0.05, 0.1) is 23.5 Å². The van der Waals surface area contributed by atoms with E-state index in [4.69, 9.17) is 0 Å². The van der Waals surface area contributed by atoms with Gasteiger partial charge in [-0.05, 0) is 24.5 Å². The maximum Gasteiger partial charge on any atom is 0.274 e. The second-order valence-corrected chi connectivity index (χ2v) is 9.12. The van der Waals surface area contributed by atoms with Gasteiger partial charge in [0, 0.05) is 49.7 Å². The number of hydrogen-bond acceptors (Lipinski definition) is 7. The lowest BCUT2D eigenvalue weighted by Crippen LogP contribution is -2.43. The fourth-order valence-corrected chi connectivity index (χ4v) is 5.00. The molecule has 2 amide bonds. The van der Waals surface area contributed by atoms with Crippen molar-refractivity contribution in [2.24, 2.45) is 11.8 Å². The van der Waals surface area contributed by atoms with Crippen molar-refractivity contribution in [2.75, 3.05) is 54.1 Å². The molecule has 170 valence electrons. The summed E-state index contributed by atoms with van der Waals surface area (Å²) in [6.45, 7) is 4.08. The molecule has 0 saturated carbocycles. The number of anilines is 3. The highest BCUT2D eigenvalue weighted by Gasteiger charge is 2.40. The van der Waals surface area contributed by atoms with E-state index < -0.39 is 0 Å².